The van der Waals surface area contributed by atoms with E-state index in [1.807, 2.05) is 83.8 Å². The molecular formula is C28H26N4O3S2. The van der Waals surface area contributed by atoms with Crippen LogP contribution in [-0.4, -0.2) is 23.1 Å². The number of rotatable bonds is 8. The lowest BCUT2D eigenvalue weighted by atomic mass is 10.0. The molecule has 5 rings (SSSR count). The summed E-state index contributed by atoms with van der Waals surface area (Å²) in [6, 6.07) is 25.0. The zero-order valence-corrected chi connectivity index (χ0v) is 22.0. The number of nitrogens with zero attached hydrogens (tertiary/aromatic N) is 2. The molecule has 0 saturated carbocycles. The summed E-state index contributed by atoms with van der Waals surface area (Å²) in [5, 5.41) is 7.65. The molecule has 188 valence electrons. The van der Waals surface area contributed by atoms with Crippen molar-refractivity contribution in [3.05, 3.63) is 96.5 Å². The summed E-state index contributed by atoms with van der Waals surface area (Å²) in [5.74, 6) is 1.21. The summed E-state index contributed by atoms with van der Waals surface area (Å²) in [4.78, 5) is 19.7. The number of nitrogens with one attached hydrogen (secondary N) is 2. The number of anilines is 2. The van der Waals surface area contributed by atoms with Crippen LogP contribution >= 0.6 is 24.0 Å². The molecule has 7 nitrogen and oxygen atoms in total. The molecule has 0 bridgehead atoms. The highest BCUT2D eigenvalue weighted by Crippen LogP contribution is 2.44. The third-order valence-electron chi connectivity index (χ3n) is 6.01. The van der Waals surface area contributed by atoms with Crippen LogP contribution in [0.5, 0.6) is 5.75 Å². The van der Waals surface area contributed by atoms with E-state index in [0.717, 1.165) is 27.1 Å². The van der Waals surface area contributed by atoms with Crippen molar-refractivity contribution in [2.75, 3.05) is 17.3 Å². The van der Waals surface area contributed by atoms with Crippen LogP contribution < -0.4 is 20.3 Å². The molecule has 0 radical (unpaired) electrons. The van der Waals surface area contributed by atoms with Crippen molar-refractivity contribution < 1.29 is 13.9 Å². The van der Waals surface area contributed by atoms with Crippen LogP contribution in [0.2, 0.25) is 0 Å². The maximum Gasteiger partial charge on any atom is 0.224 e. The normalized spacial score (nSPS) is 16.9. The molecule has 1 aliphatic rings. The number of ether oxygens (including phenoxy) is 1. The Morgan fingerprint density at radius 2 is 1.95 bits per heavy atom. The van der Waals surface area contributed by atoms with Crippen LogP contribution in [0.3, 0.4) is 0 Å². The summed E-state index contributed by atoms with van der Waals surface area (Å²) in [6.07, 6.45) is 2.15. The van der Waals surface area contributed by atoms with Gasteiger partial charge in [-0.15, -0.1) is 0 Å². The van der Waals surface area contributed by atoms with E-state index < -0.39 is 0 Å². The fraction of sp³-hybridized carbons (Fsp3) is 0.179. The monoisotopic (exact) mass is 530 g/mol. The van der Waals surface area contributed by atoms with E-state index in [2.05, 4.69) is 15.6 Å². The van der Waals surface area contributed by atoms with Gasteiger partial charge in [-0.25, -0.2) is 0 Å². The maximum atomic E-state index is 12.0. The summed E-state index contributed by atoms with van der Waals surface area (Å²) in [6.45, 7) is 1.81. The van der Waals surface area contributed by atoms with E-state index in [0.29, 0.717) is 23.0 Å². The highest BCUT2D eigenvalue weighted by Gasteiger charge is 2.42. The van der Waals surface area contributed by atoms with Gasteiger partial charge < -0.3 is 24.7 Å². The largest absolute Gasteiger partial charge is 0.494 e. The summed E-state index contributed by atoms with van der Waals surface area (Å²) >= 11 is 7.38. The first-order valence-corrected chi connectivity index (χ1v) is 13.1. The Hall–Kier alpha value is -3.82. The third kappa shape index (κ3) is 5.33. The number of aromatic nitrogens is 1. The van der Waals surface area contributed by atoms with Crippen LogP contribution in [0.1, 0.15) is 36.9 Å². The number of hydrogen-bond donors (Lipinski definition) is 2. The van der Waals surface area contributed by atoms with Gasteiger partial charge in [0.05, 0.1) is 24.5 Å². The second-order valence-electron chi connectivity index (χ2n) is 8.35. The van der Waals surface area contributed by atoms with Crippen molar-refractivity contribution in [2.24, 2.45) is 0 Å². The molecule has 2 N–H and O–H groups in total. The molecular weight excluding hydrogens is 504 g/mol. The van der Waals surface area contributed by atoms with Crippen LogP contribution in [0.25, 0.3) is 0 Å². The smallest absolute Gasteiger partial charge is 0.224 e. The molecule has 0 aliphatic carbocycles. The fourth-order valence-electron chi connectivity index (χ4n) is 4.25. The molecule has 3 heterocycles. The van der Waals surface area contributed by atoms with Crippen molar-refractivity contribution in [1.29, 1.82) is 0 Å². The number of thiocarbonyl (C=S) groups is 1. The van der Waals surface area contributed by atoms with Gasteiger partial charge in [0.15, 0.2) is 10.2 Å². The van der Waals surface area contributed by atoms with Crippen LogP contribution in [0, 0.1) is 0 Å². The Labute approximate surface area is 225 Å². The lowest BCUT2D eigenvalue weighted by molar-refractivity contribution is -0.115. The van der Waals surface area contributed by atoms with Crippen molar-refractivity contribution in [2.45, 2.75) is 35.4 Å². The number of carbonyl (C=O) groups is 1. The van der Waals surface area contributed by atoms with E-state index >= 15 is 0 Å². The minimum absolute atomic E-state index is 0.0865. The van der Waals surface area contributed by atoms with E-state index in [1.165, 1.54) is 0 Å². The third-order valence-corrected chi connectivity index (χ3v) is 7.25. The van der Waals surface area contributed by atoms with Gasteiger partial charge in [0, 0.05) is 29.3 Å². The van der Waals surface area contributed by atoms with E-state index in [9.17, 15) is 4.79 Å². The zero-order valence-electron chi connectivity index (χ0n) is 20.4. The average molecular weight is 531 g/mol. The predicted octanol–water partition coefficient (Wildman–Crippen LogP) is 6.36. The molecule has 1 saturated heterocycles. The van der Waals surface area contributed by atoms with Gasteiger partial charge in [-0.05, 0) is 60.7 Å². The Morgan fingerprint density at radius 3 is 2.68 bits per heavy atom. The number of pyridine rings is 1. The lowest BCUT2D eigenvalue weighted by Gasteiger charge is -2.26. The van der Waals surface area contributed by atoms with E-state index in [4.69, 9.17) is 21.4 Å². The van der Waals surface area contributed by atoms with Gasteiger partial charge in [0.2, 0.25) is 5.91 Å². The van der Waals surface area contributed by atoms with Gasteiger partial charge >= 0.3 is 0 Å². The number of hydrogen-bond acceptors (Lipinski definition) is 6. The first-order valence-electron chi connectivity index (χ1n) is 11.9. The summed E-state index contributed by atoms with van der Waals surface area (Å²) in [5.41, 5.74) is 2.26. The zero-order chi connectivity index (χ0) is 25.8. The number of methoxy groups -OCH3 is 1. The molecule has 4 aromatic rings. The molecule has 1 amide bonds. The van der Waals surface area contributed by atoms with E-state index in [-0.39, 0.29) is 18.0 Å². The van der Waals surface area contributed by atoms with Crippen molar-refractivity contribution in [1.82, 2.24) is 10.3 Å². The minimum atomic E-state index is -0.298. The molecule has 2 aromatic heterocycles. The molecule has 1 fully saturated rings. The summed E-state index contributed by atoms with van der Waals surface area (Å²) < 4.78 is 12.0. The minimum Gasteiger partial charge on any atom is -0.494 e. The Bertz CT molecular complexity index is 1400. The average Bonchev–Trinajstić information content (AvgIpc) is 3.53. The second kappa shape index (κ2) is 11.1. The molecule has 1 aliphatic heterocycles. The highest BCUT2D eigenvalue weighted by molar-refractivity contribution is 7.99. The molecule has 9 heteroatoms. The van der Waals surface area contributed by atoms with E-state index in [1.54, 1.807) is 32.0 Å². The lowest BCUT2D eigenvalue weighted by Crippen LogP contribution is -2.29. The maximum absolute atomic E-state index is 12.0. The first kappa shape index (κ1) is 24.9. The Kier molecular flexibility index (Phi) is 7.43. The fourth-order valence-corrected chi connectivity index (χ4v) is 5.39. The molecule has 0 unspecified atom stereocenters. The van der Waals surface area contributed by atoms with Gasteiger partial charge in [0.1, 0.15) is 17.6 Å². The highest BCUT2D eigenvalue weighted by atomic mass is 32.2. The predicted molar refractivity (Wildman–Crippen MR) is 149 cm³/mol. The number of benzene rings is 2. The van der Waals surface area contributed by atoms with Crippen LogP contribution in [-0.2, 0) is 4.79 Å². The van der Waals surface area contributed by atoms with Crippen molar-refractivity contribution >= 4 is 46.4 Å². The summed E-state index contributed by atoms with van der Waals surface area (Å²) in [7, 11) is 1.58. The Morgan fingerprint density at radius 1 is 1.14 bits per heavy atom. The SMILES string of the molecule is CCC(=O)Nc1ccc(N2C(=S)N[C@H](c3ccccn3)[C@@H]2c2ccc(Sc3ccccc3)o2)cc1OC. The molecule has 2 atom stereocenters. The quantitative estimate of drug-likeness (QED) is 0.255. The van der Waals surface area contributed by atoms with Gasteiger partial charge in [-0.1, -0.05) is 43.0 Å². The number of amides is 1. The van der Waals surface area contributed by atoms with Gasteiger partial charge in [-0.3, -0.25) is 9.78 Å². The molecule has 37 heavy (non-hydrogen) atoms. The van der Waals surface area contributed by atoms with Crippen molar-refractivity contribution in [3.8, 4) is 5.75 Å². The number of carbonyl (C=O) groups excluding carboxylic acids is 1. The second-order valence-corrected chi connectivity index (χ2v) is 9.82. The molecule has 2 aromatic carbocycles. The number of furan rings is 1. The van der Waals surface area contributed by atoms with Gasteiger partial charge in [-0.2, -0.15) is 0 Å². The Balaban J connectivity index is 1.53. The molecule has 0 spiro atoms. The topological polar surface area (TPSA) is 79.6 Å². The van der Waals surface area contributed by atoms with Gasteiger partial charge in [0.25, 0.3) is 0 Å². The standard InChI is InChI=1S/C28H26N4O3S2/c1-3-24(33)30-20-13-12-18(17-23(20)34-2)32-27(26(31-28(32)36)21-11-7-8-16-29-21)22-14-15-25(35-22)37-19-9-5-4-6-10-19/h4-17,26-27H,3H2,1-2H3,(H,30,33)(H,31,36)/t26-,27+/m1/s1. The van der Waals surface area contributed by atoms with Crippen molar-refractivity contribution in [3.63, 3.8) is 0 Å². The van der Waals surface area contributed by atoms with Crippen LogP contribution in [0.4, 0.5) is 11.4 Å². The van der Waals surface area contributed by atoms with Crippen LogP contribution in [0.15, 0.2) is 99.5 Å². The first-order chi connectivity index (χ1) is 18.1.